The average molecular weight is 314 g/mol. The van der Waals surface area contributed by atoms with E-state index in [2.05, 4.69) is 21.2 Å². The van der Waals surface area contributed by atoms with Crippen LogP contribution < -0.4 is 5.32 Å². The van der Waals surface area contributed by atoms with Crippen molar-refractivity contribution in [1.82, 2.24) is 5.32 Å². The van der Waals surface area contributed by atoms with Gasteiger partial charge in [-0.3, -0.25) is 4.79 Å². The lowest BCUT2D eigenvalue weighted by atomic mass is 10.1. The topological polar surface area (TPSA) is 38.3 Å². The third-order valence-corrected chi connectivity index (χ3v) is 2.84. The zero-order valence-electron chi connectivity index (χ0n) is 10.9. The summed E-state index contributed by atoms with van der Waals surface area (Å²) in [6, 6.07) is 7.79. The van der Waals surface area contributed by atoms with E-state index in [1.807, 2.05) is 38.1 Å². The van der Waals surface area contributed by atoms with Gasteiger partial charge in [0.05, 0.1) is 12.5 Å². The monoisotopic (exact) mass is 313 g/mol. The van der Waals surface area contributed by atoms with Crippen molar-refractivity contribution in [3.05, 3.63) is 34.3 Å². The third kappa shape index (κ3) is 6.77. The summed E-state index contributed by atoms with van der Waals surface area (Å²) in [5, 5.41) is 2.89. The SMILES string of the molecule is CC(C)OCCCNC(=O)Cc1cccc(Br)c1. The number of nitrogens with one attached hydrogen (secondary N) is 1. The van der Waals surface area contributed by atoms with Crippen molar-refractivity contribution in [2.75, 3.05) is 13.2 Å². The Bertz CT molecular complexity index is 380. The summed E-state index contributed by atoms with van der Waals surface area (Å²) in [5.41, 5.74) is 1.01. The predicted molar refractivity (Wildman–Crippen MR) is 76.6 cm³/mol. The van der Waals surface area contributed by atoms with E-state index in [1.54, 1.807) is 0 Å². The first-order valence-corrected chi connectivity index (χ1v) is 7.00. The molecule has 1 rings (SSSR count). The van der Waals surface area contributed by atoms with Crippen LogP contribution in [0.1, 0.15) is 25.8 Å². The molecule has 1 aromatic carbocycles. The number of ether oxygens (including phenoxy) is 1. The van der Waals surface area contributed by atoms with Crippen LogP contribution in [-0.4, -0.2) is 25.2 Å². The van der Waals surface area contributed by atoms with E-state index in [0.29, 0.717) is 19.6 Å². The number of carbonyl (C=O) groups excluding carboxylic acids is 1. The number of rotatable bonds is 7. The average Bonchev–Trinajstić information content (AvgIpc) is 2.28. The molecule has 0 atom stereocenters. The highest BCUT2D eigenvalue weighted by molar-refractivity contribution is 9.10. The Morgan fingerprint density at radius 3 is 2.89 bits per heavy atom. The van der Waals surface area contributed by atoms with E-state index in [-0.39, 0.29) is 12.0 Å². The van der Waals surface area contributed by atoms with Gasteiger partial charge in [-0.2, -0.15) is 0 Å². The Morgan fingerprint density at radius 1 is 1.44 bits per heavy atom. The first-order valence-electron chi connectivity index (χ1n) is 6.20. The molecule has 1 aromatic rings. The van der Waals surface area contributed by atoms with Crippen molar-refractivity contribution < 1.29 is 9.53 Å². The maximum Gasteiger partial charge on any atom is 0.224 e. The zero-order valence-corrected chi connectivity index (χ0v) is 12.5. The smallest absolute Gasteiger partial charge is 0.224 e. The van der Waals surface area contributed by atoms with Crippen LogP contribution >= 0.6 is 15.9 Å². The molecule has 0 aliphatic carbocycles. The quantitative estimate of drug-likeness (QED) is 0.786. The van der Waals surface area contributed by atoms with E-state index in [4.69, 9.17) is 4.74 Å². The molecule has 1 amide bonds. The second kappa shape index (κ2) is 8.27. The summed E-state index contributed by atoms with van der Waals surface area (Å²) in [7, 11) is 0. The van der Waals surface area contributed by atoms with Crippen molar-refractivity contribution in [2.24, 2.45) is 0 Å². The molecule has 0 heterocycles. The Balaban J connectivity index is 2.18. The summed E-state index contributed by atoms with van der Waals surface area (Å²) in [5.74, 6) is 0.0534. The molecule has 0 spiro atoms. The molecule has 18 heavy (non-hydrogen) atoms. The van der Waals surface area contributed by atoms with Crippen LogP contribution in [-0.2, 0) is 16.0 Å². The molecule has 100 valence electrons. The lowest BCUT2D eigenvalue weighted by molar-refractivity contribution is -0.120. The first-order chi connectivity index (χ1) is 8.58. The fraction of sp³-hybridized carbons (Fsp3) is 0.500. The molecule has 0 saturated carbocycles. The van der Waals surface area contributed by atoms with Crippen LogP contribution in [0.4, 0.5) is 0 Å². The number of carbonyl (C=O) groups is 1. The lowest BCUT2D eigenvalue weighted by Crippen LogP contribution is -2.27. The van der Waals surface area contributed by atoms with Gasteiger partial charge < -0.3 is 10.1 Å². The maximum atomic E-state index is 11.7. The van der Waals surface area contributed by atoms with Gasteiger partial charge in [0.25, 0.3) is 0 Å². The number of hydrogen-bond donors (Lipinski definition) is 1. The first kappa shape index (κ1) is 15.2. The highest BCUT2D eigenvalue weighted by atomic mass is 79.9. The van der Waals surface area contributed by atoms with Gasteiger partial charge in [-0.25, -0.2) is 0 Å². The van der Waals surface area contributed by atoms with Crippen molar-refractivity contribution >= 4 is 21.8 Å². The van der Waals surface area contributed by atoms with Gasteiger partial charge in [-0.1, -0.05) is 28.1 Å². The van der Waals surface area contributed by atoms with Gasteiger partial charge >= 0.3 is 0 Å². The Hall–Kier alpha value is -0.870. The second-order valence-electron chi connectivity index (χ2n) is 4.43. The van der Waals surface area contributed by atoms with Crippen molar-refractivity contribution in [2.45, 2.75) is 32.8 Å². The van der Waals surface area contributed by atoms with Gasteiger partial charge in [0.1, 0.15) is 0 Å². The van der Waals surface area contributed by atoms with Crippen molar-refractivity contribution in [3.63, 3.8) is 0 Å². The fourth-order valence-corrected chi connectivity index (χ4v) is 1.96. The van der Waals surface area contributed by atoms with E-state index < -0.39 is 0 Å². The van der Waals surface area contributed by atoms with Gasteiger partial charge in [0.15, 0.2) is 0 Å². The molecule has 0 saturated heterocycles. The summed E-state index contributed by atoms with van der Waals surface area (Å²) in [6.45, 7) is 5.37. The Kier molecular flexibility index (Phi) is 6.98. The molecular formula is C14H20BrNO2. The van der Waals surface area contributed by atoms with E-state index in [0.717, 1.165) is 16.5 Å². The Morgan fingerprint density at radius 2 is 2.22 bits per heavy atom. The van der Waals surface area contributed by atoms with E-state index in [1.165, 1.54) is 0 Å². The summed E-state index contributed by atoms with van der Waals surface area (Å²) < 4.78 is 6.40. The second-order valence-corrected chi connectivity index (χ2v) is 5.35. The van der Waals surface area contributed by atoms with Crippen LogP contribution in [0.3, 0.4) is 0 Å². The molecule has 4 heteroatoms. The molecule has 0 aliphatic heterocycles. The molecule has 0 aromatic heterocycles. The molecule has 0 aliphatic rings. The minimum atomic E-state index is 0.0534. The molecule has 3 nitrogen and oxygen atoms in total. The van der Waals surface area contributed by atoms with Gasteiger partial charge in [-0.15, -0.1) is 0 Å². The molecule has 1 N–H and O–H groups in total. The van der Waals surface area contributed by atoms with Gasteiger partial charge in [-0.05, 0) is 38.0 Å². The minimum absolute atomic E-state index is 0.0534. The van der Waals surface area contributed by atoms with Crippen molar-refractivity contribution in [1.29, 1.82) is 0 Å². The fourth-order valence-electron chi connectivity index (χ4n) is 1.51. The van der Waals surface area contributed by atoms with Crippen molar-refractivity contribution in [3.8, 4) is 0 Å². The predicted octanol–water partition coefficient (Wildman–Crippen LogP) is 2.92. The summed E-state index contributed by atoms with van der Waals surface area (Å²) >= 11 is 3.39. The Labute approximate surface area is 117 Å². The third-order valence-electron chi connectivity index (χ3n) is 2.35. The van der Waals surface area contributed by atoms with Crippen LogP contribution in [0.15, 0.2) is 28.7 Å². The maximum absolute atomic E-state index is 11.7. The lowest BCUT2D eigenvalue weighted by Gasteiger charge is -2.08. The number of halogens is 1. The zero-order chi connectivity index (χ0) is 13.4. The van der Waals surface area contributed by atoms with Crippen LogP contribution in [0.25, 0.3) is 0 Å². The summed E-state index contributed by atoms with van der Waals surface area (Å²) in [4.78, 5) is 11.7. The molecule has 0 unspecified atom stereocenters. The van der Waals surface area contributed by atoms with Gasteiger partial charge in [0.2, 0.25) is 5.91 Å². The minimum Gasteiger partial charge on any atom is -0.379 e. The normalized spacial score (nSPS) is 10.7. The molecule has 0 radical (unpaired) electrons. The van der Waals surface area contributed by atoms with E-state index >= 15 is 0 Å². The summed E-state index contributed by atoms with van der Waals surface area (Å²) in [6.07, 6.45) is 1.52. The molecule has 0 fully saturated rings. The number of amides is 1. The number of benzene rings is 1. The van der Waals surface area contributed by atoms with Gasteiger partial charge in [0, 0.05) is 17.6 Å². The van der Waals surface area contributed by atoms with Crippen LogP contribution in [0.2, 0.25) is 0 Å². The highest BCUT2D eigenvalue weighted by Crippen LogP contribution is 2.11. The van der Waals surface area contributed by atoms with Crippen LogP contribution in [0, 0.1) is 0 Å². The van der Waals surface area contributed by atoms with Crippen LogP contribution in [0.5, 0.6) is 0 Å². The molecular weight excluding hydrogens is 294 g/mol. The molecule has 0 bridgehead atoms. The number of hydrogen-bond acceptors (Lipinski definition) is 2. The van der Waals surface area contributed by atoms with E-state index in [9.17, 15) is 4.79 Å². The highest BCUT2D eigenvalue weighted by Gasteiger charge is 2.03. The largest absolute Gasteiger partial charge is 0.379 e. The standard InChI is InChI=1S/C14H20BrNO2/c1-11(2)18-8-4-7-16-14(17)10-12-5-3-6-13(15)9-12/h3,5-6,9,11H,4,7-8,10H2,1-2H3,(H,16,17).